The van der Waals surface area contributed by atoms with Crippen LogP contribution >= 0.6 is 0 Å². The molecule has 0 bridgehead atoms. The second kappa shape index (κ2) is 3.69. The predicted octanol–water partition coefficient (Wildman–Crippen LogP) is -0.506. The summed E-state index contributed by atoms with van der Waals surface area (Å²) in [6.45, 7) is 1.39. The number of nitrogens with zero attached hydrogens (tertiary/aromatic N) is 1. The highest BCUT2D eigenvalue weighted by Gasteiger charge is 2.29. The van der Waals surface area contributed by atoms with Crippen molar-refractivity contribution < 1.29 is 9.90 Å². The van der Waals surface area contributed by atoms with E-state index < -0.39 is 5.97 Å². The van der Waals surface area contributed by atoms with Crippen molar-refractivity contribution in [3.8, 4) is 0 Å². The first kappa shape index (κ1) is 8.49. The largest absolute Gasteiger partial charge is 0.480 e. The molecule has 0 saturated heterocycles. The van der Waals surface area contributed by atoms with Crippen LogP contribution in [0.25, 0.3) is 0 Å². The Morgan fingerprint density at radius 2 is 2.27 bits per heavy atom. The van der Waals surface area contributed by atoms with Gasteiger partial charge in [0.15, 0.2) is 0 Å². The Labute approximate surface area is 66.0 Å². The van der Waals surface area contributed by atoms with E-state index in [4.69, 9.17) is 10.8 Å². The topological polar surface area (TPSA) is 66.6 Å². The molecule has 0 spiro atoms. The van der Waals surface area contributed by atoms with E-state index in [9.17, 15) is 4.79 Å². The molecule has 0 aromatic carbocycles. The van der Waals surface area contributed by atoms with Gasteiger partial charge in [-0.15, -0.1) is 0 Å². The van der Waals surface area contributed by atoms with Crippen molar-refractivity contribution in [1.82, 2.24) is 4.90 Å². The van der Waals surface area contributed by atoms with Crippen LogP contribution in [-0.4, -0.2) is 41.7 Å². The van der Waals surface area contributed by atoms with Crippen LogP contribution in [0.4, 0.5) is 0 Å². The van der Waals surface area contributed by atoms with E-state index in [0.717, 1.165) is 12.8 Å². The van der Waals surface area contributed by atoms with Crippen LogP contribution in [0.5, 0.6) is 0 Å². The van der Waals surface area contributed by atoms with Gasteiger partial charge < -0.3 is 10.8 Å². The zero-order chi connectivity index (χ0) is 8.27. The summed E-state index contributed by atoms with van der Waals surface area (Å²) in [5, 5.41) is 8.50. The van der Waals surface area contributed by atoms with E-state index in [-0.39, 0.29) is 6.54 Å². The molecule has 0 amide bonds. The summed E-state index contributed by atoms with van der Waals surface area (Å²) < 4.78 is 0. The molecule has 0 aromatic rings. The standard InChI is InChI=1S/C7H14N2O2/c8-3-4-9(5-7(10)11)6-1-2-6/h6H,1-5,8H2,(H,10,11). The van der Waals surface area contributed by atoms with Gasteiger partial charge in [0.25, 0.3) is 0 Å². The molecule has 1 saturated carbocycles. The molecule has 0 heterocycles. The molecular weight excluding hydrogens is 144 g/mol. The van der Waals surface area contributed by atoms with Crippen LogP contribution in [0.15, 0.2) is 0 Å². The summed E-state index contributed by atoms with van der Waals surface area (Å²) in [5.41, 5.74) is 5.34. The van der Waals surface area contributed by atoms with Crippen molar-refractivity contribution in [3.63, 3.8) is 0 Å². The van der Waals surface area contributed by atoms with Crippen LogP contribution < -0.4 is 5.73 Å². The second-order valence-electron chi connectivity index (χ2n) is 2.88. The highest BCUT2D eigenvalue weighted by molar-refractivity contribution is 5.69. The molecule has 11 heavy (non-hydrogen) atoms. The van der Waals surface area contributed by atoms with E-state index in [1.165, 1.54) is 0 Å². The van der Waals surface area contributed by atoms with Crippen LogP contribution in [0.2, 0.25) is 0 Å². The van der Waals surface area contributed by atoms with Gasteiger partial charge in [-0.05, 0) is 12.8 Å². The number of rotatable bonds is 5. The van der Waals surface area contributed by atoms with Crippen molar-refractivity contribution in [2.24, 2.45) is 5.73 Å². The van der Waals surface area contributed by atoms with Crippen molar-refractivity contribution in [3.05, 3.63) is 0 Å². The van der Waals surface area contributed by atoms with Crippen LogP contribution in [0.3, 0.4) is 0 Å². The fourth-order valence-electron chi connectivity index (χ4n) is 1.17. The van der Waals surface area contributed by atoms with E-state index in [0.29, 0.717) is 19.1 Å². The third-order valence-electron chi connectivity index (χ3n) is 1.82. The van der Waals surface area contributed by atoms with Crippen molar-refractivity contribution in [2.45, 2.75) is 18.9 Å². The number of nitrogens with two attached hydrogens (primary N) is 1. The second-order valence-corrected chi connectivity index (χ2v) is 2.88. The molecule has 1 rings (SSSR count). The van der Waals surface area contributed by atoms with Gasteiger partial charge in [0.05, 0.1) is 6.54 Å². The Morgan fingerprint density at radius 1 is 1.64 bits per heavy atom. The molecule has 0 atom stereocenters. The number of carboxylic acid groups (broad SMARTS) is 1. The molecule has 0 radical (unpaired) electrons. The van der Waals surface area contributed by atoms with Crippen LogP contribution in [-0.2, 0) is 4.79 Å². The SMILES string of the molecule is NCCN(CC(=O)O)C1CC1. The normalized spacial score (nSPS) is 17.3. The Morgan fingerprint density at radius 3 is 2.64 bits per heavy atom. The van der Waals surface area contributed by atoms with Crippen LogP contribution in [0.1, 0.15) is 12.8 Å². The van der Waals surface area contributed by atoms with Gasteiger partial charge in [-0.25, -0.2) is 0 Å². The molecule has 1 aliphatic rings. The van der Waals surface area contributed by atoms with Crippen LogP contribution in [0, 0.1) is 0 Å². The molecule has 0 unspecified atom stereocenters. The van der Waals surface area contributed by atoms with Gasteiger partial charge in [-0.3, -0.25) is 9.69 Å². The lowest BCUT2D eigenvalue weighted by Crippen LogP contribution is -2.35. The summed E-state index contributed by atoms with van der Waals surface area (Å²) >= 11 is 0. The molecule has 4 heteroatoms. The Kier molecular flexibility index (Phi) is 2.84. The Bertz CT molecular complexity index is 145. The first-order valence-corrected chi connectivity index (χ1v) is 3.90. The lowest BCUT2D eigenvalue weighted by atomic mass is 10.4. The van der Waals surface area contributed by atoms with Gasteiger partial charge in [0, 0.05) is 19.1 Å². The molecule has 1 aliphatic carbocycles. The van der Waals surface area contributed by atoms with Gasteiger partial charge in [-0.2, -0.15) is 0 Å². The molecule has 3 N–H and O–H groups in total. The minimum absolute atomic E-state index is 0.141. The highest BCUT2D eigenvalue weighted by atomic mass is 16.4. The van der Waals surface area contributed by atoms with E-state index in [1.807, 2.05) is 4.90 Å². The van der Waals surface area contributed by atoms with E-state index in [1.54, 1.807) is 0 Å². The minimum atomic E-state index is -0.759. The fraction of sp³-hybridized carbons (Fsp3) is 0.857. The fourth-order valence-corrected chi connectivity index (χ4v) is 1.17. The van der Waals surface area contributed by atoms with Crippen molar-refractivity contribution in [2.75, 3.05) is 19.6 Å². The lowest BCUT2D eigenvalue weighted by molar-refractivity contribution is -0.138. The zero-order valence-corrected chi connectivity index (χ0v) is 6.49. The average Bonchev–Trinajstić information content (AvgIpc) is 2.66. The average molecular weight is 158 g/mol. The van der Waals surface area contributed by atoms with E-state index >= 15 is 0 Å². The molecule has 0 aliphatic heterocycles. The molecule has 64 valence electrons. The maximum atomic E-state index is 10.3. The number of carboxylic acids is 1. The highest BCUT2D eigenvalue weighted by Crippen LogP contribution is 2.25. The third-order valence-corrected chi connectivity index (χ3v) is 1.82. The zero-order valence-electron chi connectivity index (χ0n) is 6.49. The summed E-state index contributed by atoms with van der Waals surface area (Å²) in [6, 6.07) is 0.495. The smallest absolute Gasteiger partial charge is 0.317 e. The number of hydrogen-bond acceptors (Lipinski definition) is 3. The maximum absolute atomic E-state index is 10.3. The molecule has 1 fully saturated rings. The number of carbonyl (C=O) groups is 1. The molecule has 0 aromatic heterocycles. The van der Waals surface area contributed by atoms with Crippen molar-refractivity contribution >= 4 is 5.97 Å². The Balaban J connectivity index is 2.26. The van der Waals surface area contributed by atoms with Gasteiger partial charge in [0.2, 0.25) is 0 Å². The van der Waals surface area contributed by atoms with E-state index in [2.05, 4.69) is 0 Å². The van der Waals surface area contributed by atoms with Gasteiger partial charge in [-0.1, -0.05) is 0 Å². The number of hydrogen-bond donors (Lipinski definition) is 2. The van der Waals surface area contributed by atoms with Crippen molar-refractivity contribution in [1.29, 1.82) is 0 Å². The van der Waals surface area contributed by atoms with Gasteiger partial charge in [0.1, 0.15) is 0 Å². The summed E-state index contributed by atoms with van der Waals surface area (Å²) in [5.74, 6) is -0.759. The third kappa shape index (κ3) is 2.86. The maximum Gasteiger partial charge on any atom is 0.317 e. The quantitative estimate of drug-likeness (QED) is 0.565. The molecule has 4 nitrogen and oxygen atoms in total. The van der Waals surface area contributed by atoms with Gasteiger partial charge >= 0.3 is 5.97 Å². The first-order valence-electron chi connectivity index (χ1n) is 3.90. The predicted molar refractivity (Wildman–Crippen MR) is 41.3 cm³/mol. The minimum Gasteiger partial charge on any atom is -0.480 e. The summed E-state index contributed by atoms with van der Waals surface area (Å²) in [4.78, 5) is 12.3. The number of aliphatic carboxylic acids is 1. The summed E-state index contributed by atoms with van der Waals surface area (Å²) in [6.07, 6.45) is 2.26. The molecular formula is C7H14N2O2. The first-order chi connectivity index (χ1) is 5.24. The summed E-state index contributed by atoms with van der Waals surface area (Å²) in [7, 11) is 0. The monoisotopic (exact) mass is 158 g/mol. The lowest BCUT2D eigenvalue weighted by Gasteiger charge is -2.17. The Hall–Kier alpha value is -0.610.